The third-order valence-electron chi connectivity index (χ3n) is 4.48. The fourth-order valence-corrected chi connectivity index (χ4v) is 3.83. The summed E-state index contributed by atoms with van der Waals surface area (Å²) in [5, 5.41) is 4.10. The average Bonchev–Trinajstić information content (AvgIpc) is 2.96. The van der Waals surface area contributed by atoms with Crippen molar-refractivity contribution in [3.05, 3.63) is 61.2 Å². The Morgan fingerprint density at radius 2 is 2.04 bits per heavy atom. The molecule has 0 radical (unpaired) electrons. The zero-order valence-corrected chi connectivity index (χ0v) is 15.3. The predicted molar refractivity (Wildman–Crippen MR) is 107 cm³/mol. The molecule has 5 N–H and O–H groups in total. The lowest BCUT2D eigenvalue weighted by Gasteiger charge is -2.05. The molecule has 0 bridgehead atoms. The van der Waals surface area contributed by atoms with Crippen molar-refractivity contribution in [3.8, 4) is 0 Å². The molecule has 1 amide bonds. The number of aryl methyl sites for hydroxylation is 2. The van der Waals surface area contributed by atoms with Crippen molar-refractivity contribution >= 4 is 49.7 Å². The molecule has 0 aliphatic heterocycles. The molecule has 1 aromatic carbocycles. The standard InChI is InChI=1S/C18H15N5O3S/c1-7-3-4-9-5-10-12(19)14(27-17(10)22-13(9)8(7)2)16(25)21-11-6-20-18(26)23-15(11)24/h3-6H,19H2,1-2H3,(H,21,25)(H2,20,23,24,26). The molecule has 0 unspecified atom stereocenters. The van der Waals surface area contributed by atoms with Gasteiger partial charge in [-0.1, -0.05) is 12.1 Å². The quantitative estimate of drug-likeness (QED) is 0.423. The molecule has 8 nitrogen and oxygen atoms in total. The summed E-state index contributed by atoms with van der Waals surface area (Å²) in [6, 6.07) is 5.91. The van der Waals surface area contributed by atoms with E-state index in [1.54, 1.807) is 0 Å². The molecule has 4 rings (SSSR count). The fourth-order valence-electron chi connectivity index (χ4n) is 2.86. The van der Waals surface area contributed by atoms with E-state index in [2.05, 4.69) is 15.3 Å². The number of fused-ring (bicyclic) bond motifs is 2. The Kier molecular flexibility index (Phi) is 3.81. The summed E-state index contributed by atoms with van der Waals surface area (Å²) in [6.45, 7) is 4.02. The van der Waals surface area contributed by atoms with E-state index in [-0.39, 0.29) is 10.6 Å². The van der Waals surface area contributed by atoms with Crippen LogP contribution < -0.4 is 22.3 Å². The van der Waals surface area contributed by atoms with Gasteiger partial charge >= 0.3 is 5.69 Å². The Balaban J connectivity index is 1.82. The molecule has 0 fully saturated rings. The fraction of sp³-hybridized carbons (Fsp3) is 0.111. The van der Waals surface area contributed by atoms with Gasteiger partial charge in [-0.05, 0) is 31.0 Å². The number of hydrogen-bond acceptors (Lipinski definition) is 6. The molecule has 0 aliphatic rings. The Morgan fingerprint density at radius 3 is 2.78 bits per heavy atom. The topological polar surface area (TPSA) is 134 Å². The molecule has 0 atom stereocenters. The lowest BCUT2D eigenvalue weighted by molar-refractivity contribution is 0.103. The summed E-state index contributed by atoms with van der Waals surface area (Å²) in [7, 11) is 0. The summed E-state index contributed by atoms with van der Waals surface area (Å²) in [5.41, 5.74) is 8.15. The molecular formula is C18H15N5O3S. The van der Waals surface area contributed by atoms with Crippen LogP contribution >= 0.6 is 11.3 Å². The molecule has 3 heterocycles. The van der Waals surface area contributed by atoms with Gasteiger partial charge in [-0.15, -0.1) is 11.3 Å². The molecule has 136 valence electrons. The number of amides is 1. The zero-order valence-electron chi connectivity index (χ0n) is 14.5. The highest BCUT2D eigenvalue weighted by Crippen LogP contribution is 2.35. The smallest absolute Gasteiger partial charge is 0.325 e. The lowest BCUT2D eigenvalue weighted by Crippen LogP contribution is -2.26. The molecule has 3 aromatic heterocycles. The van der Waals surface area contributed by atoms with Crippen LogP contribution in [0.15, 0.2) is 34.0 Å². The number of nitrogens with two attached hydrogens (primary N) is 1. The van der Waals surface area contributed by atoms with Gasteiger partial charge in [-0.3, -0.25) is 14.6 Å². The number of nitrogens with zero attached hydrogens (tertiary/aromatic N) is 1. The second kappa shape index (κ2) is 6.06. The maximum absolute atomic E-state index is 12.6. The van der Waals surface area contributed by atoms with Crippen LogP contribution in [0.3, 0.4) is 0 Å². The van der Waals surface area contributed by atoms with Crippen molar-refractivity contribution < 1.29 is 4.79 Å². The van der Waals surface area contributed by atoms with Crippen LogP contribution in [-0.2, 0) is 0 Å². The number of benzene rings is 1. The number of nitrogen functional groups attached to an aromatic ring is 1. The Bertz CT molecular complexity index is 1350. The minimum atomic E-state index is -0.693. The first kappa shape index (κ1) is 17.0. The van der Waals surface area contributed by atoms with Crippen LogP contribution in [0, 0.1) is 13.8 Å². The average molecular weight is 381 g/mol. The van der Waals surface area contributed by atoms with E-state index in [0.717, 1.165) is 39.6 Å². The number of carbonyl (C=O) groups is 1. The van der Waals surface area contributed by atoms with Crippen LogP contribution in [0.1, 0.15) is 20.8 Å². The number of rotatable bonds is 2. The Morgan fingerprint density at radius 1 is 1.26 bits per heavy atom. The van der Waals surface area contributed by atoms with E-state index in [0.29, 0.717) is 15.9 Å². The van der Waals surface area contributed by atoms with Gasteiger partial charge in [-0.2, -0.15) is 0 Å². The van der Waals surface area contributed by atoms with Gasteiger partial charge in [0.25, 0.3) is 11.5 Å². The molecule has 0 spiro atoms. The number of hydrogen-bond donors (Lipinski definition) is 4. The Labute approximate surface area is 156 Å². The van der Waals surface area contributed by atoms with Crippen molar-refractivity contribution in [2.24, 2.45) is 0 Å². The SMILES string of the molecule is Cc1ccc2cc3c(N)c(C(=O)Nc4c[nH]c(=O)[nH]c4=O)sc3nc2c1C. The lowest BCUT2D eigenvalue weighted by atomic mass is 10.0. The van der Waals surface area contributed by atoms with Crippen molar-refractivity contribution in [2.75, 3.05) is 11.1 Å². The van der Waals surface area contributed by atoms with Gasteiger partial charge in [0.2, 0.25) is 0 Å². The van der Waals surface area contributed by atoms with Crippen LogP contribution in [-0.4, -0.2) is 20.9 Å². The highest BCUT2D eigenvalue weighted by atomic mass is 32.1. The molecular weight excluding hydrogens is 366 g/mol. The summed E-state index contributed by atoms with van der Waals surface area (Å²) in [4.78, 5) is 45.4. The van der Waals surface area contributed by atoms with E-state index in [9.17, 15) is 14.4 Å². The Hall–Kier alpha value is -3.46. The van der Waals surface area contributed by atoms with E-state index >= 15 is 0 Å². The van der Waals surface area contributed by atoms with E-state index in [1.807, 2.05) is 37.0 Å². The van der Waals surface area contributed by atoms with E-state index < -0.39 is 17.2 Å². The summed E-state index contributed by atoms with van der Waals surface area (Å²) in [6.07, 6.45) is 1.14. The highest BCUT2D eigenvalue weighted by Gasteiger charge is 2.19. The van der Waals surface area contributed by atoms with Gasteiger partial charge in [-0.25, -0.2) is 9.78 Å². The van der Waals surface area contributed by atoms with Crippen LogP contribution in [0.5, 0.6) is 0 Å². The molecule has 9 heteroatoms. The first-order valence-electron chi connectivity index (χ1n) is 8.07. The van der Waals surface area contributed by atoms with Gasteiger partial charge in [0.15, 0.2) is 0 Å². The van der Waals surface area contributed by atoms with Crippen molar-refractivity contribution in [2.45, 2.75) is 13.8 Å². The number of nitrogens with one attached hydrogen (secondary N) is 3. The minimum Gasteiger partial charge on any atom is -0.397 e. The maximum Gasteiger partial charge on any atom is 0.325 e. The van der Waals surface area contributed by atoms with Crippen molar-refractivity contribution in [1.82, 2.24) is 15.0 Å². The number of pyridine rings is 1. The minimum absolute atomic E-state index is 0.0685. The van der Waals surface area contributed by atoms with Gasteiger partial charge in [0.1, 0.15) is 15.4 Å². The van der Waals surface area contributed by atoms with Crippen LogP contribution in [0.4, 0.5) is 11.4 Å². The normalized spacial score (nSPS) is 11.2. The monoisotopic (exact) mass is 381 g/mol. The predicted octanol–water partition coefficient (Wildman–Crippen LogP) is 2.28. The zero-order chi connectivity index (χ0) is 19.3. The molecule has 4 aromatic rings. The first-order valence-corrected chi connectivity index (χ1v) is 8.89. The summed E-state index contributed by atoms with van der Waals surface area (Å²) < 4.78 is 0. The van der Waals surface area contributed by atoms with Gasteiger partial charge < -0.3 is 16.0 Å². The molecule has 0 aliphatic carbocycles. The van der Waals surface area contributed by atoms with Crippen molar-refractivity contribution in [1.29, 1.82) is 0 Å². The number of H-pyrrole nitrogens is 2. The van der Waals surface area contributed by atoms with E-state index in [1.165, 1.54) is 0 Å². The molecule has 27 heavy (non-hydrogen) atoms. The third kappa shape index (κ3) is 2.77. The van der Waals surface area contributed by atoms with Crippen LogP contribution in [0.25, 0.3) is 21.1 Å². The number of anilines is 2. The number of thiophene rings is 1. The summed E-state index contributed by atoms with van der Waals surface area (Å²) in [5.74, 6) is -0.537. The second-order valence-corrected chi connectivity index (χ2v) is 7.20. The van der Waals surface area contributed by atoms with Gasteiger partial charge in [0, 0.05) is 17.0 Å². The molecule has 0 saturated heterocycles. The molecule has 0 saturated carbocycles. The highest BCUT2D eigenvalue weighted by molar-refractivity contribution is 7.21. The maximum atomic E-state index is 12.6. The first-order chi connectivity index (χ1) is 12.8. The van der Waals surface area contributed by atoms with Crippen LogP contribution in [0.2, 0.25) is 0 Å². The number of carbonyl (C=O) groups excluding carboxylic acids is 1. The van der Waals surface area contributed by atoms with Gasteiger partial charge in [0.05, 0.1) is 11.2 Å². The van der Waals surface area contributed by atoms with Crippen molar-refractivity contribution in [3.63, 3.8) is 0 Å². The number of aromatic nitrogens is 3. The van der Waals surface area contributed by atoms with E-state index in [4.69, 9.17) is 5.73 Å². The largest absolute Gasteiger partial charge is 0.397 e. The second-order valence-electron chi connectivity index (χ2n) is 6.20. The summed E-state index contributed by atoms with van der Waals surface area (Å²) >= 11 is 1.16. The third-order valence-corrected chi connectivity index (χ3v) is 5.60. The number of aromatic amines is 2.